The van der Waals surface area contributed by atoms with Gasteiger partial charge in [0.1, 0.15) is 17.5 Å². The fraction of sp³-hybridized carbons (Fsp3) is 0.0357. The number of ketones is 1. The lowest BCUT2D eigenvalue weighted by Gasteiger charge is -2.18. The van der Waals surface area contributed by atoms with Crippen molar-refractivity contribution >= 4 is 40.1 Å². The van der Waals surface area contributed by atoms with Crippen LogP contribution < -0.4 is 5.43 Å². The Morgan fingerprint density at radius 3 is 2.33 bits per heavy atom. The average Bonchev–Trinajstić information content (AvgIpc) is 3.36. The molecule has 3 aromatic carbocycles. The van der Waals surface area contributed by atoms with E-state index < -0.39 is 0 Å². The van der Waals surface area contributed by atoms with E-state index >= 15 is 0 Å². The molecule has 4 aromatic rings. The Bertz CT molecular complexity index is 1560. The van der Waals surface area contributed by atoms with Gasteiger partial charge < -0.3 is 0 Å². The zero-order valence-electron chi connectivity index (χ0n) is 18.9. The van der Waals surface area contributed by atoms with Gasteiger partial charge in [-0.3, -0.25) is 15.6 Å². The summed E-state index contributed by atoms with van der Waals surface area (Å²) < 4.78 is 1.72. The lowest BCUT2D eigenvalue weighted by Crippen LogP contribution is -2.31. The molecule has 1 heterocycles. The third-order valence-corrected chi connectivity index (χ3v) is 6.00. The number of allylic oxidation sites excluding steroid dienone is 2. The lowest BCUT2D eigenvalue weighted by atomic mass is 9.84. The summed E-state index contributed by atoms with van der Waals surface area (Å²) in [6, 6.07) is 28.1. The maximum absolute atomic E-state index is 13.1. The summed E-state index contributed by atoms with van der Waals surface area (Å²) in [6.45, 7) is 0. The van der Waals surface area contributed by atoms with Crippen LogP contribution in [0.15, 0.2) is 102 Å². The number of rotatable bonds is 5. The van der Waals surface area contributed by atoms with Gasteiger partial charge in [0.05, 0.1) is 16.9 Å². The van der Waals surface area contributed by atoms with E-state index in [0.29, 0.717) is 27.5 Å². The van der Waals surface area contributed by atoms with Gasteiger partial charge in [-0.1, -0.05) is 60.1 Å². The molecule has 0 radical (unpaired) electrons. The standard InChI is InChI=1S/C28H19ClN6O/c29-19-11-13-20(14-12-19)32-33-28-25(36)15-22(23(16-30)26(28)31)24-17-35(21-9-5-2-6-10-21)34-27(24)18-7-3-1-4-8-18/h1-14,17,31-32H,15H2/b31-26?,33-28-. The fourth-order valence-corrected chi connectivity index (χ4v) is 4.10. The van der Waals surface area contributed by atoms with Crippen LogP contribution in [0.1, 0.15) is 12.0 Å². The first-order valence-electron chi connectivity index (χ1n) is 11.1. The maximum Gasteiger partial charge on any atom is 0.189 e. The normalized spacial score (nSPS) is 14.7. The highest BCUT2D eigenvalue weighted by atomic mass is 35.5. The molecule has 0 unspecified atom stereocenters. The Balaban J connectivity index is 1.60. The van der Waals surface area contributed by atoms with Crippen LogP contribution in [0.3, 0.4) is 0 Å². The summed E-state index contributed by atoms with van der Waals surface area (Å²) in [5.74, 6) is -0.359. The number of carbonyl (C=O) groups is 1. The zero-order valence-corrected chi connectivity index (χ0v) is 19.7. The van der Waals surface area contributed by atoms with E-state index in [2.05, 4.69) is 16.6 Å². The molecule has 36 heavy (non-hydrogen) atoms. The number of benzene rings is 3. The number of nitriles is 1. The number of anilines is 1. The van der Waals surface area contributed by atoms with E-state index in [1.165, 1.54) is 0 Å². The van der Waals surface area contributed by atoms with Gasteiger partial charge in [-0.15, -0.1) is 0 Å². The van der Waals surface area contributed by atoms with E-state index in [1.807, 2.05) is 60.7 Å². The molecule has 1 aliphatic carbocycles. The van der Waals surface area contributed by atoms with Gasteiger partial charge >= 0.3 is 0 Å². The number of halogens is 1. The highest BCUT2D eigenvalue weighted by Crippen LogP contribution is 2.35. The minimum atomic E-state index is -0.359. The van der Waals surface area contributed by atoms with Crippen molar-refractivity contribution in [1.82, 2.24) is 9.78 Å². The van der Waals surface area contributed by atoms with Gasteiger partial charge in [0.15, 0.2) is 11.5 Å². The van der Waals surface area contributed by atoms with Crippen molar-refractivity contribution in [2.45, 2.75) is 6.42 Å². The molecule has 2 N–H and O–H groups in total. The Morgan fingerprint density at radius 2 is 1.67 bits per heavy atom. The van der Waals surface area contributed by atoms with Crippen LogP contribution >= 0.6 is 11.6 Å². The molecule has 0 saturated heterocycles. The number of hydrazone groups is 1. The first-order chi connectivity index (χ1) is 17.5. The van der Waals surface area contributed by atoms with Gasteiger partial charge in [-0.05, 0) is 42.0 Å². The second-order valence-electron chi connectivity index (χ2n) is 8.06. The molecule has 1 aromatic heterocycles. The minimum Gasteiger partial charge on any atom is -0.297 e. The van der Waals surface area contributed by atoms with Gasteiger partial charge in [-0.25, -0.2) is 4.68 Å². The SMILES string of the molecule is N#CC1=C(c2cn(-c3ccccc3)nc2-c2ccccc2)CC(=O)/C(=N/Nc2ccc(Cl)cc2)C1=N. The van der Waals surface area contributed by atoms with Gasteiger partial charge in [-0.2, -0.15) is 15.5 Å². The topological polar surface area (TPSA) is 107 Å². The van der Waals surface area contributed by atoms with Crippen molar-refractivity contribution in [3.05, 3.63) is 107 Å². The monoisotopic (exact) mass is 490 g/mol. The second kappa shape index (κ2) is 9.82. The highest BCUT2D eigenvalue weighted by molar-refractivity contribution is 6.73. The van der Waals surface area contributed by atoms with Gasteiger partial charge in [0.2, 0.25) is 0 Å². The van der Waals surface area contributed by atoms with Crippen molar-refractivity contribution in [1.29, 1.82) is 10.7 Å². The molecule has 8 heteroatoms. The van der Waals surface area contributed by atoms with Crippen molar-refractivity contribution in [2.24, 2.45) is 5.10 Å². The van der Waals surface area contributed by atoms with Crippen LogP contribution in [-0.4, -0.2) is 27.0 Å². The Labute approximate surface area is 212 Å². The van der Waals surface area contributed by atoms with Crippen LogP contribution in [0.5, 0.6) is 0 Å². The molecule has 0 bridgehead atoms. The summed E-state index contributed by atoms with van der Waals surface area (Å²) in [7, 11) is 0. The maximum atomic E-state index is 13.1. The number of nitrogens with one attached hydrogen (secondary N) is 2. The van der Waals surface area contributed by atoms with E-state index in [9.17, 15) is 10.1 Å². The average molecular weight is 491 g/mol. The van der Waals surface area contributed by atoms with Crippen molar-refractivity contribution in [2.75, 3.05) is 5.43 Å². The van der Waals surface area contributed by atoms with Crippen molar-refractivity contribution in [3.8, 4) is 23.0 Å². The predicted molar refractivity (Wildman–Crippen MR) is 141 cm³/mol. The Morgan fingerprint density at radius 1 is 1.00 bits per heavy atom. The number of nitrogens with zero attached hydrogens (tertiary/aromatic N) is 4. The number of Topliss-reactive ketones (excluding diaryl/α,β-unsaturated/α-hetero) is 1. The lowest BCUT2D eigenvalue weighted by molar-refractivity contribution is -0.111. The van der Waals surface area contributed by atoms with Crippen LogP contribution in [0.25, 0.3) is 22.5 Å². The highest BCUT2D eigenvalue weighted by Gasteiger charge is 2.33. The molecule has 0 spiro atoms. The Hall–Kier alpha value is -4.80. The molecule has 0 saturated carbocycles. The van der Waals surface area contributed by atoms with Crippen LogP contribution in [0.2, 0.25) is 5.02 Å². The molecular formula is C28H19ClN6O. The molecule has 0 atom stereocenters. The third-order valence-electron chi connectivity index (χ3n) is 5.75. The number of para-hydroxylation sites is 1. The van der Waals surface area contributed by atoms with Crippen LogP contribution in [0.4, 0.5) is 5.69 Å². The largest absolute Gasteiger partial charge is 0.297 e. The second-order valence-corrected chi connectivity index (χ2v) is 8.49. The Kier molecular flexibility index (Phi) is 6.27. The van der Waals surface area contributed by atoms with E-state index in [4.69, 9.17) is 22.1 Å². The van der Waals surface area contributed by atoms with E-state index in [0.717, 1.165) is 11.3 Å². The first kappa shape index (κ1) is 23.0. The molecule has 174 valence electrons. The summed E-state index contributed by atoms with van der Waals surface area (Å²) in [5.41, 5.74) is 6.56. The molecule has 1 aliphatic rings. The first-order valence-corrected chi connectivity index (χ1v) is 11.5. The predicted octanol–water partition coefficient (Wildman–Crippen LogP) is 5.93. The quantitative estimate of drug-likeness (QED) is 0.338. The van der Waals surface area contributed by atoms with Gasteiger partial charge in [0.25, 0.3) is 0 Å². The van der Waals surface area contributed by atoms with Gasteiger partial charge in [0, 0.05) is 28.8 Å². The van der Waals surface area contributed by atoms with E-state index in [-0.39, 0.29) is 29.2 Å². The summed E-state index contributed by atoms with van der Waals surface area (Å²) in [4.78, 5) is 13.1. The number of hydrogen-bond acceptors (Lipinski definition) is 6. The van der Waals surface area contributed by atoms with Crippen LogP contribution in [-0.2, 0) is 4.79 Å². The molecular weight excluding hydrogens is 472 g/mol. The smallest absolute Gasteiger partial charge is 0.189 e. The van der Waals surface area contributed by atoms with E-state index in [1.54, 1.807) is 35.1 Å². The minimum absolute atomic E-state index is 0.0767. The van der Waals surface area contributed by atoms with Crippen molar-refractivity contribution < 1.29 is 4.79 Å². The molecule has 7 nitrogen and oxygen atoms in total. The van der Waals surface area contributed by atoms with Crippen LogP contribution in [0, 0.1) is 16.7 Å². The molecule has 0 aliphatic heterocycles. The molecule has 0 amide bonds. The zero-order chi connectivity index (χ0) is 25.1. The fourth-order valence-electron chi connectivity index (χ4n) is 3.97. The molecule has 5 rings (SSSR count). The third kappa shape index (κ3) is 4.45. The number of hydrogen-bond donors (Lipinski definition) is 2. The summed E-state index contributed by atoms with van der Waals surface area (Å²) in [6.07, 6.45) is 1.73. The summed E-state index contributed by atoms with van der Waals surface area (Å²) >= 11 is 5.92. The summed E-state index contributed by atoms with van der Waals surface area (Å²) in [5, 5.41) is 28.2. The molecule has 0 fully saturated rings. The van der Waals surface area contributed by atoms with Crippen molar-refractivity contribution in [3.63, 3.8) is 0 Å². The number of carbonyl (C=O) groups excluding carboxylic acids is 1. The number of aromatic nitrogens is 2.